The molecule has 0 saturated carbocycles. The number of carboxylic acids is 1. The summed E-state index contributed by atoms with van der Waals surface area (Å²) in [6.45, 7) is 1.65. The van der Waals surface area contributed by atoms with E-state index in [4.69, 9.17) is 5.11 Å². The van der Waals surface area contributed by atoms with Gasteiger partial charge in [0.1, 0.15) is 0 Å². The average Bonchev–Trinajstić information content (AvgIpc) is 2.42. The first-order valence-corrected chi connectivity index (χ1v) is 6.91. The van der Waals surface area contributed by atoms with Crippen LogP contribution in [0, 0.1) is 0 Å². The second kappa shape index (κ2) is 6.52. The third kappa shape index (κ3) is 3.57. The third-order valence-corrected chi connectivity index (χ3v) is 3.61. The van der Waals surface area contributed by atoms with Crippen molar-refractivity contribution in [2.24, 2.45) is 0 Å². The van der Waals surface area contributed by atoms with Gasteiger partial charge in [-0.25, -0.2) is 9.80 Å². The van der Waals surface area contributed by atoms with E-state index in [2.05, 4.69) is 0 Å². The lowest BCUT2D eigenvalue weighted by Crippen LogP contribution is -2.48. The van der Waals surface area contributed by atoms with E-state index < -0.39 is 5.97 Å². The minimum Gasteiger partial charge on any atom is -0.478 e. The van der Waals surface area contributed by atoms with Gasteiger partial charge in [-0.3, -0.25) is 9.80 Å². The van der Waals surface area contributed by atoms with Gasteiger partial charge in [-0.05, 0) is 37.0 Å². The zero-order valence-electron chi connectivity index (χ0n) is 11.7. The first kappa shape index (κ1) is 14.5. The summed E-state index contributed by atoms with van der Waals surface area (Å²) in [4.78, 5) is 22.5. The predicted molar refractivity (Wildman–Crippen MR) is 75.3 cm³/mol. The Hall–Kier alpha value is -1.88. The van der Waals surface area contributed by atoms with Crippen molar-refractivity contribution in [3.05, 3.63) is 35.4 Å². The highest BCUT2D eigenvalue weighted by molar-refractivity contribution is 5.87. The van der Waals surface area contributed by atoms with E-state index >= 15 is 0 Å². The Balaban J connectivity index is 1.83. The van der Waals surface area contributed by atoms with Crippen molar-refractivity contribution in [3.8, 4) is 0 Å². The van der Waals surface area contributed by atoms with Crippen LogP contribution in [0.5, 0.6) is 0 Å². The maximum absolute atomic E-state index is 11.8. The lowest BCUT2D eigenvalue weighted by molar-refractivity contribution is -0.152. The van der Waals surface area contributed by atoms with Crippen LogP contribution in [0.1, 0.15) is 35.2 Å². The molecule has 1 aromatic rings. The molecule has 5 heteroatoms. The molecule has 0 bridgehead atoms. The van der Waals surface area contributed by atoms with E-state index in [0.717, 1.165) is 37.9 Å². The molecule has 0 radical (unpaired) electrons. The van der Waals surface area contributed by atoms with E-state index in [1.807, 2.05) is 29.2 Å². The predicted octanol–water partition coefficient (Wildman–Crippen LogP) is 1.79. The lowest BCUT2D eigenvalue weighted by atomic mass is 10.1. The quantitative estimate of drug-likeness (QED) is 0.890. The smallest absolute Gasteiger partial charge is 0.335 e. The number of hydrogen-bond acceptors (Lipinski definition) is 3. The molecule has 0 spiro atoms. The van der Waals surface area contributed by atoms with Crippen molar-refractivity contribution in [1.29, 1.82) is 0 Å². The number of rotatable bonds is 5. The number of hydrazine groups is 1. The Morgan fingerprint density at radius 3 is 2.60 bits per heavy atom. The number of carboxylic acid groups (broad SMARTS) is 1. The van der Waals surface area contributed by atoms with Crippen molar-refractivity contribution in [3.63, 3.8) is 0 Å². The second-order valence-corrected chi connectivity index (χ2v) is 5.11. The average molecular weight is 276 g/mol. The largest absolute Gasteiger partial charge is 0.478 e. The number of nitrogens with zero attached hydrogens (tertiary/aromatic N) is 2. The minimum absolute atomic E-state index is 0.194. The van der Waals surface area contributed by atoms with E-state index in [0.29, 0.717) is 12.0 Å². The van der Waals surface area contributed by atoms with Gasteiger partial charge in [0.25, 0.3) is 0 Å². The van der Waals surface area contributed by atoms with Gasteiger partial charge in [0.05, 0.1) is 5.56 Å². The highest BCUT2D eigenvalue weighted by Crippen LogP contribution is 2.12. The van der Waals surface area contributed by atoms with Crippen LogP contribution in [-0.2, 0) is 11.2 Å². The molecule has 1 aliphatic rings. The van der Waals surface area contributed by atoms with Crippen LogP contribution >= 0.6 is 0 Å². The van der Waals surface area contributed by atoms with Gasteiger partial charge in [0.15, 0.2) is 0 Å². The molecule has 1 N–H and O–H groups in total. The van der Waals surface area contributed by atoms with E-state index in [1.165, 1.54) is 0 Å². The number of carbonyl (C=O) groups is 2. The molecular weight excluding hydrogens is 256 g/mol. The topological polar surface area (TPSA) is 60.9 Å². The third-order valence-electron chi connectivity index (χ3n) is 3.61. The van der Waals surface area contributed by atoms with Crippen molar-refractivity contribution in [2.45, 2.75) is 25.7 Å². The molecule has 1 heterocycles. The van der Waals surface area contributed by atoms with Crippen molar-refractivity contribution >= 4 is 11.9 Å². The van der Waals surface area contributed by atoms with Crippen LogP contribution in [0.15, 0.2) is 24.3 Å². The molecule has 1 fully saturated rings. The van der Waals surface area contributed by atoms with Gasteiger partial charge in [-0.15, -0.1) is 0 Å². The minimum atomic E-state index is -0.905. The van der Waals surface area contributed by atoms with Crippen LogP contribution in [0.2, 0.25) is 0 Å². The SMILES string of the molecule is CN1CCCC(=O)N1CCCc1ccc(C(=O)O)cc1. The van der Waals surface area contributed by atoms with Gasteiger partial charge in [0, 0.05) is 26.6 Å². The fraction of sp³-hybridized carbons (Fsp3) is 0.467. The Morgan fingerprint density at radius 2 is 2.00 bits per heavy atom. The Kier molecular flexibility index (Phi) is 4.74. The standard InChI is InChI=1S/C15H20N2O3/c1-16-10-3-5-14(18)17(16)11-2-4-12-6-8-13(9-7-12)15(19)20/h6-9H,2-5,10-11H2,1H3,(H,19,20). The maximum Gasteiger partial charge on any atom is 0.335 e. The molecule has 5 nitrogen and oxygen atoms in total. The summed E-state index contributed by atoms with van der Waals surface area (Å²) in [5, 5.41) is 12.6. The van der Waals surface area contributed by atoms with Crippen LogP contribution in [-0.4, -0.2) is 47.1 Å². The fourth-order valence-corrected chi connectivity index (χ4v) is 2.44. The molecule has 20 heavy (non-hydrogen) atoms. The molecule has 0 unspecified atom stereocenters. The van der Waals surface area contributed by atoms with Crippen molar-refractivity contribution in [2.75, 3.05) is 20.1 Å². The molecule has 1 saturated heterocycles. The molecule has 1 aromatic carbocycles. The lowest BCUT2D eigenvalue weighted by Gasteiger charge is -2.35. The highest BCUT2D eigenvalue weighted by atomic mass is 16.4. The highest BCUT2D eigenvalue weighted by Gasteiger charge is 2.22. The van der Waals surface area contributed by atoms with Gasteiger partial charge >= 0.3 is 5.97 Å². The maximum atomic E-state index is 11.8. The van der Waals surface area contributed by atoms with Crippen LogP contribution in [0.25, 0.3) is 0 Å². The summed E-state index contributed by atoms with van der Waals surface area (Å²) < 4.78 is 0. The summed E-state index contributed by atoms with van der Waals surface area (Å²) in [5.74, 6) is -0.711. The Labute approximate surface area is 118 Å². The van der Waals surface area contributed by atoms with Gasteiger partial charge < -0.3 is 5.11 Å². The van der Waals surface area contributed by atoms with E-state index in [9.17, 15) is 9.59 Å². The Morgan fingerprint density at radius 1 is 1.30 bits per heavy atom. The molecule has 1 aliphatic heterocycles. The number of aromatic carboxylic acids is 1. The van der Waals surface area contributed by atoms with Crippen LogP contribution < -0.4 is 0 Å². The van der Waals surface area contributed by atoms with Gasteiger partial charge in [-0.1, -0.05) is 12.1 Å². The monoisotopic (exact) mass is 276 g/mol. The molecule has 108 valence electrons. The zero-order chi connectivity index (χ0) is 14.5. The van der Waals surface area contributed by atoms with Gasteiger partial charge in [0.2, 0.25) is 5.91 Å². The van der Waals surface area contributed by atoms with Crippen molar-refractivity contribution < 1.29 is 14.7 Å². The zero-order valence-corrected chi connectivity index (χ0v) is 11.7. The molecule has 0 atom stereocenters. The number of hydrogen-bond donors (Lipinski definition) is 1. The summed E-state index contributed by atoms with van der Waals surface area (Å²) in [6, 6.07) is 6.92. The first-order chi connectivity index (χ1) is 9.58. The molecule has 0 aliphatic carbocycles. The van der Waals surface area contributed by atoms with Crippen LogP contribution in [0.3, 0.4) is 0 Å². The second-order valence-electron chi connectivity index (χ2n) is 5.11. The number of aryl methyl sites for hydroxylation is 1. The number of amides is 1. The summed E-state index contributed by atoms with van der Waals surface area (Å²) >= 11 is 0. The first-order valence-electron chi connectivity index (χ1n) is 6.91. The molecule has 1 amide bonds. The normalized spacial score (nSPS) is 16.4. The van der Waals surface area contributed by atoms with E-state index in [1.54, 1.807) is 12.1 Å². The van der Waals surface area contributed by atoms with Crippen molar-refractivity contribution in [1.82, 2.24) is 10.0 Å². The summed E-state index contributed by atoms with van der Waals surface area (Å²) in [6.07, 6.45) is 3.29. The summed E-state index contributed by atoms with van der Waals surface area (Å²) in [7, 11) is 1.94. The summed E-state index contributed by atoms with van der Waals surface area (Å²) in [5.41, 5.74) is 1.40. The van der Waals surface area contributed by atoms with E-state index in [-0.39, 0.29) is 5.91 Å². The molecule has 0 aromatic heterocycles. The molecule has 2 rings (SSSR count). The number of benzene rings is 1. The Bertz CT molecular complexity index is 484. The number of carbonyl (C=O) groups excluding carboxylic acids is 1. The fourth-order valence-electron chi connectivity index (χ4n) is 2.44. The van der Waals surface area contributed by atoms with Gasteiger partial charge in [-0.2, -0.15) is 0 Å². The van der Waals surface area contributed by atoms with Crippen LogP contribution in [0.4, 0.5) is 0 Å². The molecular formula is C15H20N2O3.